The van der Waals surface area contributed by atoms with Gasteiger partial charge in [0.05, 0.1) is 25.3 Å². The van der Waals surface area contributed by atoms with Gasteiger partial charge in [-0.1, -0.05) is 28.9 Å². The van der Waals surface area contributed by atoms with Gasteiger partial charge >= 0.3 is 6.03 Å². The molecule has 0 saturated carbocycles. The first-order valence-corrected chi connectivity index (χ1v) is 8.83. The highest BCUT2D eigenvalue weighted by molar-refractivity contribution is 9.10. The Balaban J connectivity index is 1.63. The molecule has 0 aliphatic carbocycles. The number of carbonyl (C=O) groups is 1. The summed E-state index contributed by atoms with van der Waals surface area (Å²) in [5, 5.41) is 2.95. The second-order valence-corrected chi connectivity index (χ2v) is 6.61. The van der Waals surface area contributed by atoms with Crippen LogP contribution in [0.2, 0.25) is 0 Å². The van der Waals surface area contributed by atoms with Crippen LogP contribution in [0.3, 0.4) is 0 Å². The van der Waals surface area contributed by atoms with Gasteiger partial charge in [-0.3, -0.25) is 4.98 Å². The molecule has 3 rings (SSSR count). The van der Waals surface area contributed by atoms with Crippen molar-refractivity contribution in [3.63, 3.8) is 0 Å². The Hall–Kier alpha value is -2.08. The molecule has 126 valence electrons. The van der Waals surface area contributed by atoms with Gasteiger partial charge in [-0.05, 0) is 36.2 Å². The van der Waals surface area contributed by atoms with Gasteiger partial charge in [-0.2, -0.15) is 0 Å². The maximum absolute atomic E-state index is 12.5. The topological polar surface area (TPSA) is 54.5 Å². The number of rotatable bonds is 3. The first-order valence-electron chi connectivity index (χ1n) is 8.03. The number of benzene rings is 1. The number of nitrogens with zero attached hydrogens (tertiary/aromatic N) is 2. The molecule has 0 saturated heterocycles. The number of nitrogens with one attached hydrogen (secondary N) is 1. The maximum Gasteiger partial charge on any atom is 0.318 e. The van der Waals surface area contributed by atoms with Crippen molar-refractivity contribution >= 4 is 22.0 Å². The van der Waals surface area contributed by atoms with Gasteiger partial charge in [0.25, 0.3) is 0 Å². The molecule has 0 radical (unpaired) electrons. The van der Waals surface area contributed by atoms with E-state index in [2.05, 4.69) is 33.2 Å². The van der Waals surface area contributed by atoms with Crippen LogP contribution in [-0.4, -0.2) is 29.1 Å². The second-order valence-electron chi connectivity index (χ2n) is 5.69. The van der Waals surface area contributed by atoms with E-state index < -0.39 is 0 Å². The molecule has 2 amide bonds. The van der Waals surface area contributed by atoms with Crippen molar-refractivity contribution in [2.45, 2.75) is 26.4 Å². The average Bonchev–Trinajstić information content (AvgIpc) is 2.81. The molecule has 0 fully saturated rings. The minimum atomic E-state index is -0.0990. The first kappa shape index (κ1) is 16.8. The number of carbonyl (C=O) groups excluding carboxylic acids is 1. The lowest BCUT2D eigenvalue weighted by molar-refractivity contribution is 0.187. The molecule has 0 spiro atoms. The number of ether oxygens (including phenoxy) is 1. The SMILES string of the molecule is CCc1ccnc(CNC(=O)N2CCOc3cc(Br)ccc3C2)c1. The van der Waals surface area contributed by atoms with E-state index in [1.54, 1.807) is 11.1 Å². The number of amides is 2. The highest BCUT2D eigenvalue weighted by Gasteiger charge is 2.19. The third kappa shape index (κ3) is 4.06. The van der Waals surface area contributed by atoms with Crippen LogP contribution in [0.4, 0.5) is 4.79 Å². The fourth-order valence-electron chi connectivity index (χ4n) is 2.64. The van der Waals surface area contributed by atoms with Crippen LogP contribution in [0.15, 0.2) is 41.0 Å². The number of fused-ring (bicyclic) bond motifs is 1. The molecule has 0 bridgehead atoms. The zero-order valence-electron chi connectivity index (χ0n) is 13.6. The van der Waals surface area contributed by atoms with Crippen molar-refractivity contribution in [3.8, 4) is 5.75 Å². The minimum Gasteiger partial charge on any atom is -0.491 e. The van der Waals surface area contributed by atoms with Crippen LogP contribution < -0.4 is 10.1 Å². The van der Waals surface area contributed by atoms with Crippen molar-refractivity contribution < 1.29 is 9.53 Å². The summed E-state index contributed by atoms with van der Waals surface area (Å²) in [5.74, 6) is 0.831. The molecule has 1 aromatic heterocycles. The summed E-state index contributed by atoms with van der Waals surface area (Å²) < 4.78 is 6.71. The lowest BCUT2D eigenvalue weighted by Crippen LogP contribution is -2.40. The van der Waals surface area contributed by atoms with Gasteiger partial charge in [0.15, 0.2) is 0 Å². The third-order valence-corrected chi connectivity index (χ3v) is 4.50. The summed E-state index contributed by atoms with van der Waals surface area (Å²) in [7, 11) is 0. The monoisotopic (exact) mass is 389 g/mol. The summed E-state index contributed by atoms with van der Waals surface area (Å²) in [6.45, 7) is 4.11. The van der Waals surface area contributed by atoms with Gasteiger partial charge in [0.1, 0.15) is 12.4 Å². The summed E-state index contributed by atoms with van der Waals surface area (Å²) in [4.78, 5) is 18.6. The second kappa shape index (κ2) is 7.66. The Morgan fingerprint density at radius 2 is 2.25 bits per heavy atom. The number of aromatic nitrogens is 1. The quantitative estimate of drug-likeness (QED) is 0.873. The highest BCUT2D eigenvalue weighted by atomic mass is 79.9. The van der Waals surface area contributed by atoms with Gasteiger partial charge in [-0.25, -0.2) is 4.79 Å². The lowest BCUT2D eigenvalue weighted by atomic mass is 10.2. The lowest BCUT2D eigenvalue weighted by Gasteiger charge is -2.20. The molecule has 1 aliphatic heterocycles. The van der Waals surface area contributed by atoms with E-state index in [1.165, 1.54) is 5.56 Å². The van der Waals surface area contributed by atoms with E-state index in [1.807, 2.05) is 30.3 Å². The van der Waals surface area contributed by atoms with Crippen molar-refractivity contribution in [1.29, 1.82) is 0 Å². The Kier molecular flexibility index (Phi) is 5.35. The van der Waals surface area contributed by atoms with Crippen LogP contribution in [0.1, 0.15) is 23.7 Å². The van der Waals surface area contributed by atoms with E-state index >= 15 is 0 Å². The average molecular weight is 390 g/mol. The largest absolute Gasteiger partial charge is 0.491 e. The fraction of sp³-hybridized carbons (Fsp3) is 0.333. The van der Waals surface area contributed by atoms with Gasteiger partial charge in [-0.15, -0.1) is 0 Å². The Bertz CT molecular complexity index is 736. The standard InChI is InChI=1S/C18H20BrN3O2/c1-2-13-5-6-20-16(9-13)11-21-18(23)22-7-8-24-17-10-15(19)4-3-14(17)12-22/h3-6,9-10H,2,7-8,11-12H2,1H3,(H,21,23). The first-order chi connectivity index (χ1) is 11.7. The Morgan fingerprint density at radius 3 is 3.08 bits per heavy atom. The van der Waals surface area contributed by atoms with Crippen molar-refractivity contribution in [1.82, 2.24) is 15.2 Å². The van der Waals surface area contributed by atoms with E-state index in [4.69, 9.17) is 4.74 Å². The van der Waals surface area contributed by atoms with Crippen LogP contribution >= 0.6 is 15.9 Å². The molecule has 0 unspecified atom stereocenters. The smallest absolute Gasteiger partial charge is 0.318 e. The number of hydrogen-bond acceptors (Lipinski definition) is 3. The normalized spacial score (nSPS) is 13.7. The molecular weight excluding hydrogens is 370 g/mol. The minimum absolute atomic E-state index is 0.0990. The Labute approximate surface area is 150 Å². The Morgan fingerprint density at radius 1 is 1.38 bits per heavy atom. The van der Waals surface area contributed by atoms with Gasteiger partial charge in [0, 0.05) is 16.2 Å². The van der Waals surface area contributed by atoms with Gasteiger partial charge in [0.2, 0.25) is 0 Å². The maximum atomic E-state index is 12.5. The van der Waals surface area contributed by atoms with E-state index in [0.717, 1.165) is 27.9 Å². The summed E-state index contributed by atoms with van der Waals surface area (Å²) in [6.07, 6.45) is 2.74. The van der Waals surface area contributed by atoms with E-state index in [9.17, 15) is 4.79 Å². The van der Waals surface area contributed by atoms with Crippen LogP contribution in [0.5, 0.6) is 5.75 Å². The molecule has 2 heterocycles. The number of pyridine rings is 1. The molecule has 1 aromatic carbocycles. The summed E-state index contributed by atoms with van der Waals surface area (Å²) in [6, 6.07) is 9.81. The molecule has 2 aromatic rings. The number of halogens is 1. The van der Waals surface area contributed by atoms with E-state index in [-0.39, 0.29) is 6.03 Å². The highest BCUT2D eigenvalue weighted by Crippen LogP contribution is 2.26. The third-order valence-electron chi connectivity index (χ3n) is 4.01. The molecule has 5 nitrogen and oxygen atoms in total. The number of urea groups is 1. The van der Waals surface area contributed by atoms with Crippen LogP contribution in [0.25, 0.3) is 0 Å². The molecule has 6 heteroatoms. The predicted octanol–water partition coefficient (Wildman–Crippen LogP) is 3.51. The molecule has 1 N–H and O–H groups in total. The molecule has 24 heavy (non-hydrogen) atoms. The molecular formula is C18H20BrN3O2. The number of hydrogen-bond donors (Lipinski definition) is 1. The van der Waals surface area contributed by atoms with Crippen molar-refractivity contribution in [2.75, 3.05) is 13.2 Å². The summed E-state index contributed by atoms with van der Waals surface area (Å²) in [5.41, 5.74) is 3.10. The van der Waals surface area contributed by atoms with Crippen molar-refractivity contribution in [2.24, 2.45) is 0 Å². The number of aryl methyl sites for hydroxylation is 1. The van der Waals surface area contributed by atoms with Crippen LogP contribution in [0, 0.1) is 0 Å². The zero-order valence-corrected chi connectivity index (χ0v) is 15.2. The zero-order chi connectivity index (χ0) is 16.9. The van der Waals surface area contributed by atoms with Crippen LogP contribution in [-0.2, 0) is 19.5 Å². The summed E-state index contributed by atoms with van der Waals surface area (Å²) >= 11 is 3.44. The van der Waals surface area contributed by atoms with E-state index in [0.29, 0.717) is 26.2 Å². The predicted molar refractivity (Wildman–Crippen MR) is 95.9 cm³/mol. The molecule has 1 aliphatic rings. The fourth-order valence-corrected chi connectivity index (χ4v) is 2.98. The molecule has 0 atom stereocenters. The van der Waals surface area contributed by atoms with Gasteiger partial charge < -0.3 is 15.0 Å². The van der Waals surface area contributed by atoms with Crippen molar-refractivity contribution in [3.05, 3.63) is 57.8 Å².